The lowest BCUT2D eigenvalue weighted by Gasteiger charge is -2.14. The standard InChI is InChI=1S/C21H14ClFO/c1-2-15-8-11-21(24-14-16-6-4-3-5-7-16)19(12-15)18-13-17(23)9-10-20(18)22/h1,3-13H,14H2. The normalized spacial score (nSPS) is 10.2. The largest absolute Gasteiger partial charge is 0.488 e. The molecule has 0 spiro atoms. The van der Waals surface area contributed by atoms with Crippen LogP contribution in [0.5, 0.6) is 5.75 Å². The SMILES string of the molecule is C#Cc1ccc(OCc2ccccc2)c(-c2cc(F)ccc2Cl)c1. The monoisotopic (exact) mass is 336 g/mol. The fraction of sp³-hybridized carbons (Fsp3) is 0.0476. The van der Waals surface area contributed by atoms with E-state index in [9.17, 15) is 4.39 Å². The molecule has 118 valence electrons. The third-order valence-electron chi connectivity index (χ3n) is 3.60. The van der Waals surface area contributed by atoms with Gasteiger partial charge < -0.3 is 4.74 Å². The summed E-state index contributed by atoms with van der Waals surface area (Å²) in [6.45, 7) is 0.399. The summed E-state index contributed by atoms with van der Waals surface area (Å²) >= 11 is 6.24. The zero-order valence-electron chi connectivity index (χ0n) is 12.8. The predicted octanol–water partition coefficient (Wildman–Crippen LogP) is 5.71. The van der Waals surface area contributed by atoms with Gasteiger partial charge in [0, 0.05) is 21.7 Å². The molecular weight excluding hydrogens is 323 g/mol. The van der Waals surface area contributed by atoms with Crippen molar-refractivity contribution in [3.63, 3.8) is 0 Å². The average molecular weight is 337 g/mol. The molecule has 0 heterocycles. The predicted molar refractivity (Wildman–Crippen MR) is 95.6 cm³/mol. The highest BCUT2D eigenvalue weighted by atomic mass is 35.5. The van der Waals surface area contributed by atoms with E-state index in [0.717, 1.165) is 5.56 Å². The van der Waals surface area contributed by atoms with Crippen molar-refractivity contribution in [3.8, 4) is 29.2 Å². The average Bonchev–Trinajstić information content (AvgIpc) is 2.63. The van der Waals surface area contributed by atoms with Gasteiger partial charge in [0.25, 0.3) is 0 Å². The van der Waals surface area contributed by atoms with Gasteiger partial charge in [0.05, 0.1) is 0 Å². The first kappa shape index (κ1) is 16.1. The molecule has 24 heavy (non-hydrogen) atoms. The molecule has 0 unspecified atom stereocenters. The summed E-state index contributed by atoms with van der Waals surface area (Å²) in [6, 6.07) is 19.4. The van der Waals surface area contributed by atoms with Crippen LogP contribution in [-0.2, 0) is 6.61 Å². The molecule has 0 aliphatic rings. The first-order valence-electron chi connectivity index (χ1n) is 7.40. The number of halogens is 2. The molecule has 0 aliphatic carbocycles. The fourth-order valence-electron chi connectivity index (χ4n) is 2.40. The Hall–Kier alpha value is -2.76. The zero-order valence-corrected chi connectivity index (χ0v) is 13.6. The second kappa shape index (κ2) is 7.21. The number of hydrogen-bond acceptors (Lipinski definition) is 1. The molecule has 0 radical (unpaired) electrons. The lowest BCUT2D eigenvalue weighted by Crippen LogP contribution is -1.98. The smallest absolute Gasteiger partial charge is 0.127 e. The molecule has 3 aromatic rings. The Morgan fingerprint density at radius 2 is 1.75 bits per heavy atom. The van der Waals surface area contributed by atoms with Gasteiger partial charge in [-0.2, -0.15) is 0 Å². The maximum absolute atomic E-state index is 13.7. The van der Waals surface area contributed by atoms with Gasteiger partial charge >= 0.3 is 0 Å². The number of hydrogen-bond donors (Lipinski definition) is 0. The van der Waals surface area contributed by atoms with E-state index in [1.54, 1.807) is 18.2 Å². The van der Waals surface area contributed by atoms with Crippen LogP contribution in [0.2, 0.25) is 5.02 Å². The minimum Gasteiger partial charge on any atom is -0.488 e. The first-order chi connectivity index (χ1) is 11.7. The molecule has 0 N–H and O–H groups in total. The van der Waals surface area contributed by atoms with Gasteiger partial charge in [0.15, 0.2) is 0 Å². The molecule has 1 nitrogen and oxygen atoms in total. The third-order valence-corrected chi connectivity index (χ3v) is 3.93. The number of rotatable bonds is 4. The number of ether oxygens (including phenoxy) is 1. The van der Waals surface area contributed by atoms with Crippen molar-refractivity contribution >= 4 is 11.6 Å². The van der Waals surface area contributed by atoms with Gasteiger partial charge in [0.2, 0.25) is 0 Å². The Bertz CT molecular complexity index is 897. The van der Waals surface area contributed by atoms with Gasteiger partial charge in [-0.25, -0.2) is 4.39 Å². The first-order valence-corrected chi connectivity index (χ1v) is 7.78. The quantitative estimate of drug-likeness (QED) is 0.555. The van der Waals surface area contributed by atoms with E-state index in [2.05, 4.69) is 5.92 Å². The van der Waals surface area contributed by atoms with Crippen LogP contribution in [0.1, 0.15) is 11.1 Å². The van der Waals surface area contributed by atoms with Crippen LogP contribution in [0.4, 0.5) is 4.39 Å². The van der Waals surface area contributed by atoms with Gasteiger partial charge in [-0.1, -0.05) is 47.9 Å². The highest BCUT2D eigenvalue weighted by molar-refractivity contribution is 6.33. The summed E-state index contributed by atoms with van der Waals surface area (Å²) < 4.78 is 19.6. The molecule has 0 atom stereocenters. The second-order valence-electron chi connectivity index (χ2n) is 5.25. The minimum atomic E-state index is -0.366. The minimum absolute atomic E-state index is 0.366. The van der Waals surface area contributed by atoms with Gasteiger partial charge in [-0.15, -0.1) is 6.42 Å². The zero-order chi connectivity index (χ0) is 16.9. The van der Waals surface area contributed by atoms with E-state index < -0.39 is 0 Å². The Labute approximate surface area is 145 Å². The van der Waals surface area contributed by atoms with E-state index in [1.165, 1.54) is 18.2 Å². The lowest BCUT2D eigenvalue weighted by molar-refractivity contribution is 0.307. The third kappa shape index (κ3) is 3.59. The molecule has 0 saturated carbocycles. The summed E-state index contributed by atoms with van der Waals surface area (Å²) in [4.78, 5) is 0. The molecule has 0 aliphatic heterocycles. The lowest BCUT2D eigenvalue weighted by atomic mass is 10.0. The van der Waals surface area contributed by atoms with Crippen LogP contribution in [0, 0.1) is 18.2 Å². The molecule has 3 heteroatoms. The molecule has 3 rings (SSSR count). The fourth-order valence-corrected chi connectivity index (χ4v) is 2.61. The highest BCUT2D eigenvalue weighted by Crippen LogP contribution is 2.36. The Morgan fingerprint density at radius 3 is 2.50 bits per heavy atom. The van der Waals surface area contributed by atoms with Crippen molar-refractivity contribution < 1.29 is 9.13 Å². The molecular formula is C21H14ClFO. The van der Waals surface area contributed by atoms with Crippen molar-refractivity contribution in [2.75, 3.05) is 0 Å². The van der Waals surface area contributed by atoms with Gasteiger partial charge in [-0.05, 0) is 42.0 Å². The highest BCUT2D eigenvalue weighted by Gasteiger charge is 2.12. The van der Waals surface area contributed by atoms with Crippen LogP contribution >= 0.6 is 11.6 Å². The second-order valence-corrected chi connectivity index (χ2v) is 5.66. The molecule has 0 saturated heterocycles. The maximum Gasteiger partial charge on any atom is 0.127 e. The van der Waals surface area contributed by atoms with Crippen LogP contribution in [0.15, 0.2) is 66.7 Å². The van der Waals surface area contributed by atoms with E-state index >= 15 is 0 Å². The number of terminal acetylenes is 1. The molecule has 0 aromatic heterocycles. The van der Waals surface area contributed by atoms with E-state index in [1.807, 2.05) is 30.3 Å². The van der Waals surface area contributed by atoms with E-state index in [-0.39, 0.29) is 5.82 Å². The van der Waals surface area contributed by atoms with Crippen LogP contribution in [-0.4, -0.2) is 0 Å². The van der Waals surface area contributed by atoms with Crippen LogP contribution in [0.25, 0.3) is 11.1 Å². The van der Waals surface area contributed by atoms with Crippen LogP contribution in [0.3, 0.4) is 0 Å². The number of benzene rings is 3. The topological polar surface area (TPSA) is 9.23 Å². The van der Waals surface area contributed by atoms with Crippen molar-refractivity contribution in [1.82, 2.24) is 0 Å². The van der Waals surface area contributed by atoms with E-state index in [0.29, 0.717) is 34.1 Å². The molecule has 0 bridgehead atoms. The Balaban J connectivity index is 2.00. The van der Waals surface area contributed by atoms with Crippen molar-refractivity contribution in [3.05, 3.63) is 88.7 Å². The maximum atomic E-state index is 13.7. The Morgan fingerprint density at radius 1 is 0.958 bits per heavy atom. The molecule has 0 fully saturated rings. The summed E-state index contributed by atoms with van der Waals surface area (Å²) in [5, 5.41) is 0.440. The summed E-state index contributed by atoms with van der Waals surface area (Å²) in [6.07, 6.45) is 5.48. The summed E-state index contributed by atoms with van der Waals surface area (Å²) in [5.74, 6) is 2.82. The van der Waals surface area contributed by atoms with Gasteiger partial charge in [-0.3, -0.25) is 0 Å². The van der Waals surface area contributed by atoms with Crippen LogP contribution < -0.4 is 4.74 Å². The molecule has 0 amide bonds. The molecule has 3 aromatic carbocycles. The van der Waals surface area contributed by atoms with Gasteiger partial charge in [0.1, 0.15) is 18.2 Å². The van der Waals surface area contributed by atoms with Crippen molar-refractivity contribution in [2.24, 2.45) is 0 Å². The summed E-state index contributed by atoms with van der Waals surface area (Å²) in [7, 11) is 0. The van der Waals surface area contributed by atoms with Crippen molar-refractivity contribution in [2.45, 2.75) is 6.61 Å². The summed E-state index contributed by atoms with van der Waals surface area (Å²) in [5.41, 5.74) is 2.94. The van der Waals surface area contributed by atoms with E-state index in [4.69, 9.17) is 22.8 Å². The Kier molecular flexibility index (Phi) is 4.84. The van der Waals surface area contributed by atoms with Crippen molar-refractivity contribution in [1.29, 1.82) is 0 Å².